The second-order valence-electron chi connectivity index (χ2n) is 4.20. The Balaban J connectivity index is 1.80. The molecule has 0 heterocycles. The summed E-state index contributed by atoms with van der Waals surface area (Å²) >= 11 is 0. The number of nitrogens with two attached hydrogens (primary N) is 1. The number of hydrogen-bond acceptors (Lipinski definition) is 3. The number of ether oxygens (including phenoxy) is 1. The maximum Gasteiger partial charge on any atom is 0.227 e. The van der Waals surface area contributed by atoms with E-state index in [0.717, 1.165) is 0 Å². The van der Waals surface area contributed by atoms with Gasteiger partial charge in [0.05, 0.1) is 13.0 Å². The highest BCUT2D eigenvalue weighted by molar-refractivity contribution is 5.91. The number of benzene rings is 2. The lowest BCUT2D eigenvalue weighted by molar-refractivity contribution is -0.116. The number of carbonyl (C=O) groups is 1. The Hall–Kier alpha value is -2.56. The predicted octanol–water partition coefficient (Wildman–Crippen LogP) is 2.82. The summed E-state index contributed by atoms with van der Waals surface area (Å²) in [5, 5.41) is 2.69. The van der Waals surface area contributed by atoms with Crippen LogP contribution in [0.15, 0.2) is 48.5 Å². The Labute approximate surface area is 116 Å². The molecule has 20 heavy (non-hydrogen) atoms. The van der Waals surface area contributed by atoms with Crippen LogP contribution in [0.25, 0.3) is 0 Å². The van der Waals surface area contributed by atoms with Gasteiger partial charge in [0.2, 0.25) is 5.91 Å². The summed E-state index contributed by atoms with van der Waals surface area (Å²) in [6.45, 7) is 0.106. The summed E-state index contributed by atoms with van der Waals surface area (Å²) in [7, 11) is 0. The smallest absolute Gasteiger partial charge is 0.227 e. The highest BCUT2D eigenvalue weighted by Crippen LogP contribution is 2.16. The van der Waals surface area contributed by atoms with Crippen molar-refractivity contribution in [2.75, 3.05) is 17.7 Å². The molecule has 0 aliphatic rings. The van der Waals surface area contributed by atoms with Crippen molar-refractivity contribution in [2.24, 2.45) is 0 Å². The third-order valence-corrected chi connectivity index (χ3v) is 2.59. The van der Waals surface area contributed by atoms with Crippen molar-refractivity contribution in [3.8, 4) is 5.75 Å². The minimum absolute atomic E-state index is 0.106. The van der Waals surface area contributed by atoms with Gasteiger partial charge in [-0.15, -0.1) is 0 Å². The van der Waals surface area contributed by atoms with E-state index in [-0.39, 0.29) is 24.7 Å². The number of nitrogens with one attached hydrogen (secondary N) is 1. The second kappa shape index (κ2) is 6.56. The fraction of sp³-hybridized carbons (Fsp3) is 0.133. The van der Waals surface area contributed by atoms with Gasteiger partial charge in [-0.25, -0.2) is 4.39 Å². The fourth-order valence-electron chi connectivity index (χ4n) is 1.66. The van der Waals surface area contributed by atoms with E-state index in [1.807, 2.05) is 0 Å². The molecule has 104 valence electrons. The number of para-hydroxylation sites is 1. The van der Waals surface area contributed by atoms with Gasteiger partial charge < -0.3 is 15.8 Å². The summed E-state index contributed by atoms with van der Waals surface area (Å²) in [5.41, 5.74) is 6.81. The molecule has 2 rings (SSSR count). The van der Waals surface area contributed by atoms with Crippen LogP contribution >= 0.6 is 0 Å². The lowest BCUT2D eigenvalue weighted by Crippen LogP contribution is -2.15. The van der Waals surface area contributed by atoms with Crippen molar-refractivity contribution in [3.05, 3.63) is 54.3 Å². The normalized spacial score (nSPS) is 10.1. The largest absolute Gasteiger partial charge is 0.490 e. The van der Waals surface area contributed by atoms with E-state index >= 15 is 0 Å². The molecular weight excluding hydrogens is 259 g/mol. The van der Waals surface area contributed by atoms with Crippen molar-refractivity contribution in [1.29, 1.82) is 0 Å². The Bertz CT molecular complexity index is 602. The summed E-state index contributed by atoms with van der Waals surface area (Å²) in [6.07, 6.45) is 0.128. The van der Waals surface area contributed by atoms with Gasteiger partial charge in [-0.2, -0.15) is 0 Å². The van der Waals surface area contributed by atoms with Crippen molar-refractivity contribution >= 4 is 17.3 Å². The molecule has 1 amide bonds. The number of nitrogen functional groups attached to an aromatic ring is 1. The monoisotopic (exact) mass is 274 g/mol. The minimum atomic E-state index is -0.441. The molecule has 4 nitrogen and oxygen atoms in total. The standard InChI is InChI=1S/C15H15FN2O2/c16-13-6-1-2-7-14(13)20-9-8-15(19)18-12-5-3-4-11(17)10-12/h1-7,10H,8-9,17H2,(H,18,19). The average Bonchev–Trinajstić information content (AvgIpc) is 2.41. The number of anilines is 2. The predicted molar refractivity (Wildman–Crippen MR) is 76.0 cm³/mol. The Morgan fingerprint density at radius 3 is 2.75 bits per heavy atom. The van der Waals surface area contributed by atoms with Gasteiger partial charge in [-0.3, -0.25) is 4.79 Å². The third kappa shape index (κ3) is 3.98. The molecule has 0 aliphatic carbocycles. The molecule has 0 radical (unpaired) electrons. The second-order valence-corrected chi connectivity index (χ2v) is 4.20. The first kappa shape index (κ1) is 13.9. The number of carbonyl (C=O) groups excluding carboxylic acids is 1. The zero-order valence-electron chi connectivity index (χ0n) is 10.8. The van der Waals surface area contributed by atoms with Crippen LogP contribution in [0.1, 0.15) is 6.42 Å². The Morgan fingerprint density at radius 1 is 1.20 bits per heavy atom. The molecule has 0 aliphatic heterocycles. The van der Waals surface area contributed by atoms with Crippen LogP contribution in [-0.2, 0) is 4.79 Å². The van der Waals surface area contributed by atoms with Gasteiger partial charge in [0.15, 0.2) is 11.6 Å². The highest BCUT2D eigenvalue weighted by atomic mass is 19.1. The van der Waals surface area contributed by atoms with E-state index in [0.29, 0.717) is 11.4 Å². The van der Waals surface area contributed by atoms with Gasteiger partial charge in [0, 0.05) is 11.4 Å². The molecule has 5 heteroatoms. The van der Waals surface area contributed by atoms with Crippen LogP contribution < -0.4 is 15.8 Å². The van der Waals surface area contributed by atoms with Gasteiger partial charge in [0.25, 0.3) is 0 Å². The van der Waals surface area contributed by atoms with Crippen LogP contribution in [-0.4, -0.2) is 12.5 Å². The molecule has 0 saturated carbocycles. The average molecular weight is 274 g/mol. The zero-order valence-corrected chi connectivity index (χ0v) is 10.8. The van der Waals surface area contributed by atoms with Crippen molar-refractivity contribution in [1.82, 2.24) is 0 Å². The highest BCUT2D eigenvalue weighted by Gasteiger charge is 2.05. The fourth-order valence-corrected chi connectivity index (χ4v) is 1.66. The Kier molecular flexibility index (Phi) is 4.55. The van der Waals surface area contributed by atoms with E-state index in [9.17, 15) is 9.18 Å². The van der Waals surface area contributed by atoms with Gasteiger partial charge in [0.1, 0.15) is 0 Å². The summed E-state index contributed by atoms with van der Waals surface area (Å²) < 4.78 is 18.5. The maximum absolute atomic E-state index is 13.3. The van der Waals surface area contributed by atoms with Crippen molar-refractivity contribution < 1.29 is 13.9 Å². The lowest BCUT2D eigenvalue weighted by Gasteiger charge is -2.08. The zero-order chi connectivity index (χ0) is 14.4. The Morgan fingerprint density at radius 2 is 2.00 bits per heavy atom. The molecule has 0 bridgehead atoms. The third-order valence-electron chi connectivity index (χ3n) is 2.59. The molecule has 0 saturated heterocycles. The molecule has 3 N–H and O–H groups in total. The van der Waals surface area contributed by atoms with Crippen LogP contribution in [0.3, 0.4) is 0 Å². The molecule has 0 aromatic heterocycles. The molecule has 0 spiro atoms. The first-order valence-electron chi connectivity index (χ1n) is 6.18. The number of rotatable bonds is 5. The van der Waals surface area contributed by atoms with Crippen molar-refractivity contribution in [2.45, 2.75) is 6.42 Å². The summed E-state index contributed by atoms with van der Waals surface area (Å²) in [5.74, 6) is -0.514. The first-order valence-corrected chi connectivity index (χ1v) is 6.18. The quantitative estimate of drug-likeness (QED) is 0.824. The van der Waals surface area contributed by atoms with Crippen LogP contribution in [0.5, 0.6) is 5.75 Å². The number of hydrogen-bond donors (Lipinski definition) is 2. The molecule has 2 aromatic rings. The van der Waals surface area contributed by atoms with Crippen molar-refractivity contribution in [3.63, 3.8) is 0 Å². The topological polar surface area (TPSA) is 64.3 Å². The summed E-state index contributed by atoms with van der Waals surface area (Å²) in [4.78, 5) is 11.7. The molecule has 0 fully saturated rings. The molecule has 0 unspecified atom stereocenters. The lowest BCUT2D eigenvalue weighted by atomic mass is 10.2. The minimum Gasteiger partial charge on any atom is -0.490 e. The first-order chi connectivity index (χ1) is 9.65. The van der Waals surface area contributed by atoms with E-state index in [1.54, 1.807) is 36.4 Å². The van der Waals surface area contributed by atoms with Crippen LogP contribution in [0, 0.1) is 5.82 Å². The van der Waals surface area contributed by atoms with Gasteiger partial charge >= 0.3 is 0 Å². The van der Waals surface area contributed by atoms with E-state index in [1.165, 1.54) is 12.1 Å². The summed E-state index contributed by atoms with van der Waals surface area (Å²) in [6, 6.07) is 13.0. The van der Waals surface area contributed by atoms with Gasteiger partial charge in [-0.05, 0) is 30.3 Å². The van der Waals surface area contributed by atoms with Crippen LogP contribution in [0.2, 0.25) is 0 Å². The molecule has 0 atom stereocenters. The van der Waals surface area contributed by atoms with E-state index in [2.05, 4.69) is 5.32 Å². The van der Waals surface area contributed by atoms with Crippen LogP contribution in [0.4, 0.5) is 15.8 Å². The molecular formula is C15H15FN2O2. The van der Waals surface area contributed by atoms with Gasteiger partial charge in [-0.1, -0.05) is 18.2 Å². The number of amides is 1. The molecule has 2 aromatic carbocycles. The van der Waals surface area contributed by atoms with E-state index < -0.39 is 5.82 Å². The number of halogens is 1. The maximum atomic E-state index is 13.3. The van der Waals surface area contributed by atoms with E-state index in [4.69, 9.17) is 10.5 Å². The SMILES string of the molecule is Nc1cccc(NC(=O)CCOc2ccccc2F)c1.